The minimum absolute atomic E-state index is 0.00148. The molecule has 0 spiro atoms. The van der Waals surface area contributed by atoms with Crippen LogP contribution in [-0.2, 0) is 11.3 Å². The zero-order chi connectivity index (χ0) is 12.9. The van der Waals surface area contributed by atoms with Crippen LogP contribution in [0.2, 0.25) is 0 Å². The Morgan fingerprint density at radius 2 is 2.29 bits per heavy atom. The lowest BCUT2D eigenvalue weighted by Gasteiger charge is -2.23. The minimum atomic E-state index is -0.153. The quantitative estimate of drug-likeness (QED) is 0.354. The van der Waals surface area contributed by atoms with Crippen LogP contribution in [0.25, 0.3) is 0 Å². The number of amidine groups is 1. The lowest BCUT2D eigenvalue weighted by molar-refractivity contribution is -0.0316. The topological polar surface area (TPSA) is 80.7 Å². The molecule has 1 aromatic heterocycles. The maximum Gasteiger partial charge on any atom is 0.188 e. The summed E-state index contributed by atoms with van der Waals surface area (Å²) < 4.78 is 5.76. The molecule has 0 unspecified atom stereocenters. The van der Waals surface area contributed by atoms with Crippen molar-refractivity contribution in [3.8, 4) is 0 Å². The van der Waals surface area contributed by atoms with Gasteiger partial charge in [-0.25, -0.2) is 0 Å². The van der Waals surface area contributed by atoms with Crippen molar-refractivity contribution in [3.05, 3.63) is 29.6 Å². The van der Waals surface area contributed by atoms with Crippen molar-refractivity contribution in [1.29, 1.82) is 0 Å². The van der Waals surface area contributed by atoms with E-state index in [2.05, 4.69) is 17.1 Å². The maximum absolute atomic E-state index is 8.57. The van der Waals surface area contributed by atoms with Gasteiger partial charge in [0.2, 0.25) is 0 Å². The molecule has 5 heteroatoms. The molecule has 5 nitrogen and oxygen atoms in total. The molecule has 0 aromatic carbocycles. The molecular formula is C12H19N3O2. The number of nitrogens with two attached hydrogens (primary N) is 1. The molecule has 0 atom stereocenters. The van der Waals surface area contributed by atoms with Gasteiger partial charge in [-0.1, -0.05) is 12.1 Å². The fourth-order valence-electron chi connectivity index (χ4n) is 1.14. The first-order chi connectivity index (χ1) is 7.98. The van der Waals surface area contributed by atoms with E-state index in [1.165, 1.54) is 0 Å². The minimum Gasteiger partial charge on any atom is -0.409 e. The highest BCUT2D eigenvalue weighted by Gasteiger charge is 2.15. The van der Waals surface area contributed by atoms with Crippen molar-refractivity contribution in [2.24, 2.45) is 10.9 Å². The first-order valence-electron chi connectivity index (χ1n) is 5.55. The molecule has 3 N–H and O–H groups in total. The lowest BCUT2D eigenvalue weighted by atomic mass is 10.1. The molecule has 0 bridgehead atoms. The average Bonchev–Trinajstić information content (AvgIpc) is 2.36. The van der Waals surface area contributed by atoms with Crippen molar-refractivity contribution < 1.29 is 9.94 Å². The van der Waals surface area contributed by atoms with Gasteiger partial charge in [-0.2, -0.15) is 0 Å². The van der Waals surface area contributed by atoms with Crippen LogP contribution >= 0.6 is 0 Å². The number of hydrogen-bond donors (Lipinski definition) is 2. The summed E-state index contributed by atoms with van der Waals surface area (Å²) in [5.41, 5.74) is 6.71. The second-order valence-corrected chi connectivity index (χ2v) is 4.44. The third-order valence-corrected chi connectivity index (χ3v) is 2.68. The Balaban J connectivity index is 2.73. The van der Waals surface area contributed by atoms with E-state index in [9.17, 15) is 0 Å². The first kappa shape index (κ1) is 13.4. The summed E-state index contributed by atoms with van der Waals surface area (Å²) in [7, 11) is 0. The van der Waals surface area contributed by atoms with Crippen LogP contribution < -0.4 is 5.73 Å². The van der Waals surface area contributed by atoms with Crippen molar-refractivity contribution in [2.75, 3.05) is 0 Å². The number of pyridine rings is 1. The van der Waals surface area contributed by atoms with E-state index in [1.54, 1.807) is 12.3 Å². The van der Waals surface area contributed by atoms with E-state index < -0.39 is 0 Å². The summed E-state index contributed by atoms with van der Waals surface area (Å²) in [6.45, 7) is 6.64. The first-order valence-corrected chi connectivity index (χ1v) is 5.55. The highest BCUT2D eigenvalue weighted by molar-refractivity contribution is 5.95. The van der Waals surface area contributed by atoms with E-state index >= 15 is 0 Å². The number of ether oxygens (including phenoxy) is 1. The molecule has 0 saturated heterocycles. The molecule has 1 heterocycles. The van der Waals surface area contributed by atoms with E-state index in [4.69, 9.17) is 15.7 Å². The van der Waals surface area contributed by atoms with Crippen molar-refractivity contribution in [1.82, 2.24) is 4.98 Å². The van der Waals surface area contributed by atoms with E-state index in [0.29, 0.717) is 12.3 Å². The van der Waals surface area contributed by atoms with Crippen LogP contribution in [-0.4, -0.2) is 21.6 Å². The molecule has 0 aliphatic heterocycles. The second kappa shape index (κ2) is 5.63. The third-order valence-electron chi connectivity index (χ3n) is 2.68. The van der Waals surface area contributed by atoms with Gasteiger partial charge in [-0.15, -0.1) is 0 Å². The van der Waals surface area contributed by atoms with Crippen LogP contribution in [0.5, 0.6) is 0 Å². The van der Waals surface area contributed by atoms with Crippen molar-refractivity contribution in [2.45, 2.75) is 39.4 Å². The third kappa shape index (κ3) is 4.03. The summed E-state index contributed by atoms with van der Waals surface area (Å²) in [6.07, 6.45) is 2.55. The predicted molar refractivity (Wildman–Crippen MR) is 65.9 cm³/mol. The fraction of sp³-hybridized carbons (Fsp3) is 0.500. The van der Waals surface area contributed by atoms with Crippen LogP contribution in [0.3, 0.4) is 0 Å². The number of oxime groups is 1. The molecule has 0 aliphatic rings. The number of nitrogens with zero attached hydrogens (tertiary/aromatic N) is 2. The Labute approximate surface area is 101 Å². The molecule has 17 heavy (non-hydrogen) atoms. The Hall–Kier alpha value is -1.62. The Kier molecular flexibility index (Phi) is 4.45. The molecule has 0 fully saturated rings. The standard InChI is InChI=1S/C12H19N3O2/c1-4-12(2,3)17-8-9-5-6-14-10(7-9)11(13)15-16/h5-7,16H,4,8H2,1-3H3,(H2,13,15). The van der Waals surface area contributed by atoms with Crippen LogP contribution in [0, 0.1) is 0 Å². The van der Waals surface area contributed by atoms with Gasteiger partial charge in [0.15, 0.2) is 5.84 Å². The molecule has 0 radical (unpaired) electrons. The van der Waals surface area contributed by atoms with Gasteiger partial charge in [-0.3, -0.25) is 4.98 Å². The number of rotatable bonds is 5. The van der Waals surface area contributed by atoms with Crippen LogP contribution in [0.1, 0.15) is 38.4 Å². The SMILES string of the molecule is CCC(C)(C)OCc1ccnc(C(N)=NO)c1. The largest absolute Gasteiger partial charge is 0.409 e. The monoisotopic (exact) mass is 237 g/mol. The molecule has 0 saturated carbocycles. The molecule has 0 aliphatic carbocycles. The average molecular weight is 237 g/mol. The molecule has 94 valence electrons. The van der Waals surface area contributed by atoms with Gasteiger partial charge in [0.1, 0.15) is 5.69 Å². The van der Waals surface area contributed by atoms with Gasteiger partial charge >= 0.3 is 0 Å². The van der Waals surface area contributed by atoms with Gasteiger partial charge in [-0.05, 0) is 38.0 Å². The molecular weight excluding hydrogens is 218 g/mol. The van der Waals surface area contributed by atoms with Crippen LogP contribution in [0.15, 0.2) is 23.5 Å². The molecule has 1 aromatic rings. The van der Waals surface area contributed by atoms with E-state index in [0.717, 1.165) is 12.0 Å². The van der Waals surface area contributed by atoms with E-state index in [-0.39, 0.29) is 11.4 Å². The van der Waals surface area contributed by atoms with Crippen LogP contribution in [0.4, 0.5) is 0 Å². The van der Waals surface area contributed by atoms with Gasteiger partial charge in [0.05, 0.1) is 12.2 Å². The fourth-order valence-corrected chi connectivity index (χ4v) is 1.14. The second-order valence-electron chi connectivity index (χ2n) is 4.44. The summed E-state index contributed by atoms with van der Waals surface area (Å²) in [5, 5.41) is 11.5. The highest BCUT2D eigenvalue weighted by Crippen LogP contribution is 2.16. The van der Waals surface area contributed by atoms with Crippen molar-refractivity contribution in [3.63, 3.8) is 0 Å². The summed E-state index contributed by atoms with van der Waals surface area (Å²) in [6, 6.07) is 3.60. The lowest BCUT2D eigenvalue weighted by Crippen LogP contribution is -2.23. The van der Waals surface area contributed by atoms with Crippen molar-refractivity contribution >= 4 is 5.84 Å². The molecule has 0 amide bonds. The van der Waals surface area contributed by atoms with Gasteiger partial charge < -0.3 is 15.7 Å². The zero-order valence-corrected chi connectivity index (χ0v) is 10.5. The smallest absolute Gasteiger partial charge is 0.188 e. The summed E-state index contributed by atoms with van der Waals surface area (Å²) in [5.74, 6) is 0.00148. The van der Waals surface area contributed by atoms with E-state index in [1.807, 2.05) is 19.9 Å². The molecule has 1 rings (SSSR count). The Bertz CT molecular complexity index is 402. The summed E-state index contributed by atoms with van der Waals surface area (Å²) in [4.78, 5) is 4.00. The predicted octanol–water partition coefficient (Wildman–Crippen LogP) is 1.88. The summed E-state index contributed by atoms with van der Waals surface area (Å²) >= 11 is 0. The highest BCUT2D eigenvalue weighted by atomic mass is 16.5. The number of hydrogen-bond acceptors (Lipinski definition) is 4. The Morgan fingerprint density at radius 1 is 1.59 bits per heavy atom. The van der Waals surface area contributed by atoms with Gasteiger partial charge in [0.25, 0.3) is 0 Å². The number of aromatic nitrogens is 1. The zero-order valence-electron chi connectivity index (χ0n) is 10.5. The Morgan fingerprint density at radius 3 is 2.88 bits per heavy atom. The maximum atomic E-state index is 8.57. The van der Waals surface area contributed by atoms with Gasteiger partial charge in [0, 0.05) is 6.20 Å². The normalized spacial score (nSPS) is 12.8.